The van der Waals surface area contributed by atoms with Crippen LogP contribution in [0.2, 0.25) is 0 Å². The zero-order valence-corrected chi connectivity index (χ0v) is 38.9. The van der Waals surface area contributed by atoms with Gasteiger partial charge in [-0.05, 0) is 76.7 Å². The van der Waals surface area contributed by atoms with Gasteiger partial charge in [0.2, 0.25) is 0 Å². The van der Waals surface area contributed by atoms with Crippen molar-refractivity contribution in [3.63, 3.8) is 0 Å². The smallest absolute Gasteiger partial charge is 0.306 e. The summed E-state index contributed by atoms with van der Waals surface area (Å²) in [6.45, 7) is 4.73. The lowest BCUT2D eigenvalue weighted by Crippen LogP contribution is -2.37. The predicted octanol–water partition coefficient (Wildman–Crippen LogP) is 13.9. The molecule has 0 aliphatic heterocycles. The summed E-state index contributed by atoms with van der Waals surface area (Å²) in [6.07, 6.45) is 49.6. The Morgan fingerprint density at radius 3 is 1.37 bits per heavy atom. The first-order valence-corrected chi connectivity index (χ1v) is 25.2. The van der Waals surface area contributed by atoms with Gasteiger partial charge in [-0.2, -0.15) is 0 Å². The second-order valence-corrected chi connectivity index (χ2v) is 18.6. The summed E-state index contributed by atoms with van der Waals surface area (Å²) in [5, 5.41) is 0. The predicted molar refractivity (Wildman–Crippen MR) is 240 cm³/mol. The van der Waals surface area contributed by atoms with E-state index in [9.17, 15) is 14.3 Å². The quantitative estimate of drug-likeness (QED) is 0.0151. The van der Waals surface area contributed by atoms with Crippen molar-refractivity contribution < 1.29 is 37.3 Å². The molecule has 1 unspecified atom stereocenters. The highest BCUT2D eigenvalue weighted by Crippen LogP contribution is 2.38. The average molecular weight is 826 g/mol. The third-order valence-electron chi connectivity index (χ3n) is 10.2. The monoisotopic (exact) mass is 826 g/mol. The minimum atomic E-state index is -4.54. The summed E-state index contributed by atoms with van der Waals surface area (Å²) < 4.78 is 34.4. The molecule has 0 radical (unpaired) electrons. The fourth-order valence-electron chi connectivity index (χ4n) is 6.50. The van der Waals surface area contributed by atoms with Crippen LogP contribution in [-0.4, -0.2) is 64.1 Å². The Bertz CT molecular complexity index is 1010. The topological polar surface area (TPSA) is 94.1 Å². The number of carbonyl (C=O) groups excluding carboxylic acids is 1. The maximum atomic E-state index is 12.7. The first kappa shape index (κ1) is 55.6. The van der Waals surface area contributed by atoms with E-state index in [1.165, 1.54) is 161 Å². The van der Waals surface area contributed by atoms with Crippen LogP contribution in [0, 0.1) is 0 Å². The van der Waals surface area contributed by atoms with E-state index in [-0.39, 0.29) is 25.8 Å². The van der Waals surface area contributed by atoms with Gasteiger partial charge in [0, 0.05) is 6.42 Å². The van der Waals surface area contributed by atoms with Crippen molar-refractivity contribution in [2.24, 2.45) is 0 Å². The van der Waals surface area contributed by atoms with Gasteiger partial charge in [-0.1, -0.05) is 160 Å². The van der Waals surface area contributed by atoms with E-state index in [2.05, 4.69) is 38.2 Å². The van der Waals surface area contributed by atoms with Crippen LogP contribution < -0.4 is 4.89 Å². The minimum Gasteiger partial charge on any atom is -0.756 e. The molecule has 0 aromatic carbocycles. The van der Waals surface area contributed by atoms with Gasteiger partial charge in [0.25, 0.3) is 7.82 Å². The number of allylic oxidation sites excluding steroid dienone is 5. The van der Waals surface area contributed by atoms with Crippen molar-refractivity contribution in [2.45, 2.75) is 219 Å². The number of phosphoric acid groups is 1. The van der Waals surface area contributed by atoms with Crippen LogP contribution in [0.15, 0.2) is 36.6 Å². The number of nitrogens with zero attached hydrogens (tertiary/aromatic N) is 1. The first-order chi connectivity index (χ1) is 27.6. The Morgan fingerprint density at radius 2 is 0.930 bits per heavy atom. The molecule has 0 aliphatic carbocycles. The fraction of sp³-hybridized carbons (Fsp3) is 0.854. The molecule has 0 saturated carbocycles. The second-order valence-electron chi connectivity index (χ2n) is 17.2. The van der Waals surface area contributed by atoms with Gasteiger partial charge in [0.15, 0.2) is 6.10 Å². The molecule has 0 aromatic heterocycles. The molecular weight excluding hydrogens is 734 g/mol. The molecule has 0 saturated heterocycles. The Hall–Kier alpha value is -1.44. The molecule has 0 aliphatic rings. The fourth-order valence-corrected chi connectivity index (χ4v) is 7.23. The van der Waals surface area contributed by atoms with Gasteiger partial charge < -0.3 is 27.9 Å². The maximum absolute atomic E-state index is 12.7. The number of likely N-dealkylation sites (N-methyl/N-ethyl adjacent to an activating group) is 1. The summed E-state index contributed by atoms with van der Waals surface area (Å²) in [6, 6.07) is 0. The lowest BCUT2D eigenvalue weighted by molar-refractivity contribution is -0.870. The summed E-state index contributed by atoms with van der Waals surface area (Å²) in [7, 11) is 1.32. The number of phosphoric ester groups is 1. The van der Waals surface area contributed by atoms with Crippen molar-refractivity contribution in [3.05, 3.63) is 36.6 Å². The lowest BCUT2D eigenvalue weighted by Gasteiger charge is -2.28. The van der Waals surface area contributed by atoms with Crippen molar-refractivity contribution in [1.29, 1.82) is 0 Å². The molecule has 0 fully saturated rings. The Kier molecular flexibility index (Phi) is 40.3. The zero-order chi connectivity index (χ0) is 42.0. The number of hydrogen-bond acceptors (Lipinski definition) is 7. The van der Waals surface area contributed by atoms with Crippen molar-refractivity contribution in [2.75, 3.05) is 47.5 Å². The van der Waals surface area contributed by atoms with Gasteiger partial charge in [0.1, 0.15) is 19.8 Å². The SMILES string of the molecule is CCCCCC/C=C\CCCCCCCC/C=C\OC[C@H](COP(=O)([O-])OCC[N+](C)(C)C)OC(=O)CCCCCCCCCCC/C=C\CCCCCCCC. The highest BCUT2D eigenvalue weighted by molar-refractivity contribution is 7.45. The van der Waals surface area contributed by atoms with Crippen LogP contribution in [0.1, 0.15) is 213 Å². The van der Waals surface area contributed by atoms with E-state index >= 15 is 0 Å². The summed E-state index contributed by atoms with van der Waals surface area (Å²) in [5.74, 6) is -0.359. The first-order valence-electron chi connectivity index (χ1n) is 23.8. The number of ether oxygens (including phenoxy) is 2. The molecule has 0 aromatic rings. The molecule has 9 heteroatoms. The summed E-state index contributed by atoms with van der Waals surface area (Å²) in [5.41, 5.74) is 0. The Labute approximate surface area is 353 Å². The molecule has 0 bridgehead atoms. The number of hydrogen-bond donors (Lipinski definition) is 0. The maximum Gasteiger partial charge on any atom is 0.306 e. The van der Waals surface area contributed by atoms with Crippen LogP contribution in [0.4, 0.5) is 0 Å². The Balaban J connectivity index is 4.23. The Morgan fingerprint density at radius 1 is 0.544 bits per heavy atom. The molecular formula is C48H92NO7P. The van der Waals surface area contributed by atoms with Gasteiger partial charge in [-0.3, -0.25) is 9.36 Å². The van der Waals surface area contributed by atoms with Crippen LogP contribution in [0.3, 0.4) is 0 Å². The molecule has 0 rings (SSSR count). The van der Waals surface area contributed by atoms with Crippen molar-refractivity contribution >= 4 is 13.8 Å². The van der Waals surface area contributed by atoms with Crippen LogP contribution in [0.5, 0.6) is 0 Å². The highest BCUT2D eigenvalue weighted by Gasteiger charge is 2.20. The van der Waals surface area contributed by atoms with E-state index in [4.69, 9.17) is 18.5 Å². The average Bonchev–Trinajstić information content (AvgIpc) is 3.16. The minimum absolute atomic E-state index is 0.0154. The van der Waals surface area contributed by atoms with E-state index in [1.807, 2.05) is 27.2 Å². The zero-order valence-electron chi connectivity index (χ0n) is 38.0. The molecule has 336 valence electrons. The van der Waals surface area contributed by atoms with E-state index in [0.717, 1.165) is 32.1 Å². The number of carbonyl (C=O) groups is 1. The summed E-state index contributed by atoms with van der Waals surface area (Å²) in [4.78, 5) is 25.1. The van der Waals surface area contributed by atoms with E-state index in [0.29, 0.717) is 17.4 Å². The van der Waals surface area contributed by atoms with Gasteiger partial charge >= 0.3 is 5.97 Å². The standard InChI is InChI=1S/C48H92NO7P/c1-6-8-10-12-14-16-18-20-22-24-25-26-27-29-31-33-35-37-39-41-48(50)56-47(46-55-57(51,52)54-44-42-49(3,4)5)45-53-43-40-38-36-34-32-30-28-23-21-19-17-15-13-11-9-7-2/h17,19-20,22,40,43,47H,6-16,18,21,23-39,41-42,44-46H2,1-5H3/b19-17-,22-20-,43-40-/t47-/m1/s1. The van der Waals surface area contributed by atoms with Gasteiger partial charge in [-0.15, -0.1) is 0 Å². The molecule has 8 nitrogen and oxygen atoms in total. The van der Waals surface area contributed by atoms with E-state index in [1.54, 1.807) is 6.26 Å². The normalized spacial score (nSPS) is 13.9. The van der Waals surface area contributed by atoms with Gasteiger partial charge in [0.05, 0.1) is 34.0 Å². The molecule has 0 spiro atoms. The molecule has 0 N–H and O–H groups in total. The van der Waals surface area contributed by atoms with Crippen molar-refractivity contribution in [1.82, 2.24) is 0 Å². The van der Waals surface area contributed by atoms with Crippen LogP contribution in [-0.2, 0) is 27.9 Å². The number of unbranched alkanes of at least 4 members (excludes halogenated alkanes) is 26. The van der Waals surface area contributed by atoms with Gasteiger partial charge in [-0.25, -0.2) is 0 Å². The molecule has 0 heterocycles. The lowest BCUT2D eigenvalue weighted by atomic mass is 10.1. The molecule has 57 heavy (non-hydrogen) atoms. The number of quaternary nitrogens is 1. The summed E-state index contributed by atoms with van der Waals surface area (Å²) >= 11 is 0. The molecule has 2 atom stereocenters. The van der Waals surface area contributed by atoms with Crippen LogP contribution in [0.25, 0.3) is 0 Å². The highest BCUT2D eigenvalue weighted by atomic mass is 31.2. The molecule has 0 amide bonds. The largest absolute Gasteiger partial charge is 0.756 e. The number of esters is 1. The van der Waals surface area contributed by atoms with Crippen LogP contribution >= 0.6 is 7.82 Å². The second kappa shape index (κ2) is 41.3. The third kappa shape index (κ3) is 45.5. The number of rotatable bonds is 44. The van der Waals surface area contributed by atoms with E-state index < -0.39 is 13.9 Å². The van der Waals surface area contributed by atoms with Crippen molar-refractivity contribution in [3.8, 4) is 0 Å². The third-order valence-corrected chi connectivity index (χ3v) is 11.2.